The molecule has 5 atom stereocenters. The van der Waals surface area contributed by atoms with E-state index in [2.05, 4.69) is 11.1 Å². The average Bonchev–Trinajstić information content (AvgIpc) is 3.16. The first kappa shape index (κ1) is 27.4. The van der Waals surface area contributed by atoms with Gasteiger partial charge in [-0.05, 0) is 50.7 Å². The maximum absolute atomic E-state index is 13.1. The van der Waals surface area contributed by atoms with Crippen molar-refractivity contribution in [2.24, 2.45) is 17.3 Å². The van der Waals surface area contributed by atoms with E-state index >= 15 is 0 Å². The normalized spacial score (nSPS) is 31.8. The fourth-order valence-electron chi connectivity index (χ4n) is 4.18. The van der Waals surface area contributed by atoms with Gasteiger partial charge in [-0.3, -0.25) is 9.59 Å². The number of rotatable bonds is 2. The number of allylic oxidation sites excluding steroid dienone is 1. The molecule has 1 aliphatic rings. The second-order valence-electron chi connectivity index (χ2n) is 9.86. The number of carbonyl (C=O) groups excluding carboxylic acids is 2. The molecule has 0 amide bonds. The van der Waals surface area contributed by atoms with E-state index in [1.165, 1.54) is 0 Å². The van der Waals surface area contributed by atoms with E-state index < -0.39 is 35.6 Å². The van der Waals surface area contributed by atoms with Crippen molar-refractivity contribution in [2.75, 3.05) is 0 Å². The van der Waals surface area contributed by atoms with Gasteiger partial charge in [-0.25, -0.2) is 4.98 Å². The third-order valence-corrected chi connectivity index (χ3v) is 7.47. The van der Waals surface area contributed by atoms with E-state index in [1.807, 2.05) is 38.3 Å². The van der Waals surface area contributed by atoms with Crippen LogP contribution in [0, 0.1) is 24.2 Å². The smallest absolute Gasteiger partial charge is 0.309 e. The number of Topliss-reactive ketones (excluding diaryl/α,β-unsaturated/α-hetero) is 1. The molecule has 2 N–H and O–H groups in total. The lowest BCUT2D eigenvalue weighted by atomic mass is 9.73. The summed E-state index contributed by atoms with van der Waals surface area (Å²) in [6, 6.07) is 0. The topological polar surface area (TPSA) is 96.7 Å². The van der Waals surface area contributed by atoms with Crippen LogP contribution in [-0.4, -0.2) is 45.3 Å². The van der Waals surface area contributed by atoms with Gasteiger partial charge < -0.3 is 14.9 Å². The highest BCUT2D eigenvalue weighted by atomic mass is 32.1. The maximum atomic E-state index is 13.1. The number of hydrogen-bond acceptors (Lipinski definition) is 7. The number of ketones is 1. The van der Waals surface area contributed by atoms with E-state index in [-0.39, 0.29) is 18.1 Å². The van der Waals surface area contributed by atoms with Crippen molar-refractivity contribution in [3.05, 3.63) is 33.8 Å². The summed E-state index contributed by atoms with van der Waals surface area (Å²) in [5, 5.41) is 24.4. The molecule has 0 aliphatic carbocycles. The molecule has 0 aromatic carbocycles. The van der Waals surface area contributed by atoms with Crippen LogP contribution in [0.15, 0.2) is 23.1 Å². The van der Waals surface area contributed by atoms with Gasteiger partial charge in [0.25, 0.3) is 0 Å². The van der Waals surface area contributed by atoms with Crippen molar-refractivity contribution >= 4 is 29.2 Å². The molecule has 184 valence electrons. The van der Waals surface area contributed by atoms with Gasteiger partial charge in [0, 0.05) is 17.7 Å². The zero-order chi connectivity index (χ0) is 24.8. The first-order valence-corrected chi connectivity index (χ1v) is 12.7. The van der Waals surface area contributed by atoms with Crippen LogP contribution in [-0.2, 0) is 14.3 Å². The zero-order valence-corrected chi connectivity index (χ0v) is 21.5. The number of hydrogen-bond donors (Lipinski definition) is 2. The van der Waals surface area contributed by atoms with Gasteiger partial charge >= 0.3 is 5.97 Å². The number of cyclic esters (lactones) is 1. The molecule has 0 unspecified atom stereocenters. The molecule has 0 spiro atoms. The van der Waals surface area contributed by atoms with Gasteiger partial charge in [-0.2, -0.15) is 0 Å². The highest BCUT2D eigenvalue weighted by molar-refractivity contribution is 7.09. The summed E-state index contributed by atoms with van der Waals surface area (Å²) in [5.41, 5.74) is 0.513. The third-order valence-electron chi connectivity index (χ3n) is 6.68. The first-order valence-electron chi connectivity index (χ1n) is 11.8. The molecule has 2 rings (SSSR count). The lowest BCUT2D eigenvalue weighted by molar-refractivity contribution is -0.154. The van der Waals surface area contributed by atoms with Gasteiger partial charge in [0.2, 0.25) is 0 Å². The van der Waals surface area contributed by atoms with Gasteiger partial charge in [-0.15, -0.1) is 11.3 Å². The number of aryl methyl sites for hydroxylation is 1. The number of thiazole rings is 1. The Labute approximate surface area is 201 Å². The molecule has 2 heterocycles. The molecule has 0 bridgehead atoms. The Bertz CT molecular complexity index is 872. The summed E-state index contributed by atoms with van der Waals surface area (Å²) in [5.74, 6) is -1.48. The maximum Gasteiger partial charge on any atom is 0.309 e. The van der Waals surface area contributed by atoms with Crippen molar-refractivity contribution < 1.29 is 24.5 Å². The molecule has 6 nitrogen and oxygen atoms in total. The Morgan fingerprint density at radius 2 is 1.94 bits per heavy atom. The second kappa shape index (κ2) is 12.0. The SMILES string of the molecule is C/C(=C\c1csc(C)n1)[C@H]1C/C=C/CCC[C@H](C)[C@H](O)[C@@H](C)C(=O)C(C)(C)[C@@H](O)CC(=O)O1. The van der Waals surface area contributed by atoms with Crippen LogP contribution in [0.3, 0.4) is 0 Å². The van der Waals surface area contributed by atoms with Crippen molar-refractivity contribution in [1.82, 2.24) is 4.98 Å². The predicted octanol–water partition coefficient (Wildman–Crippen LogP) is 4.88. The standard InChI is InChI=1S/C26H39NO5S/c1-16-11-9-7-8-10-12-21(17(2)13-20-15-33-19(4)27-20)32-23(29)14-22(28)26(5,6)25(31)18(3)24(16)30/h8,10,13,15-16,18,21-22,24,28,30H,7,9,11-12,14H2,1-6H3/b10-8+,17-13+/t16-,18+,21+,22-,24-/m0/s1. The van der Waals surface area contributed by atoms with E-state index in [0.29, 0.717) is 6.42 Å². The number of carbonyl (C=O) groups is 2. The van der Waals surface area contributed by atoms with Crippen molar-refractivity contribution in [2.45, 2.75) is 92.0 Å². The van der Waals surface area contributed by atoms with E-state index in [4.69, 9.17) is 4.74 Å². The highest BCUT2D eigenvalue weighted by Gasteiger charge is 2.42. The third kappa shape index (κ3) is 7.59. The largest absolute Gasteiger partial charge is 0.457 e. The number of aliphatic hydroxyl groups excluding tert-OH is 2. The Kier molecular flexibility index (Phi) is 10.0. The van der Waals surface area contributed by atoms with Crippen molar-refractivity contribution in [1.29, 1.82) is 0 Å². The monoisotopic (exact) mass is 477 g/mol. The molecular weight excluding hydrogens is 438 g/mol. The number of esters is 1. The van der Waals surface area contributed by atoms with Crippen LogP contribution in [0.5, 0.6) is 0 Å². The quantitative estimate of drug-likeness (QED) is 0.466. The highest BCUT2D eigenvalue weighted by Crippen LogP contribution is 2.32. The first-order chi connectivity index (χ1) is 15.4. The van der Waals surface area contributed by atoms with Gasteiger partial charge in [0.15, 0.2) is 0 Å². The van der Waals surface area contributed by atoms with Crippen LogP contribution < -0.4 is 0 Å². The number of aromatic nitrogens is 1. The molecule has 1 aromatic rings. The van der Waals surface area contributed by atoms with Gasteiger partial charge in [0.05, 0.1) is 34.7 Å². The van der Waals surface area contributed by atoms with Crippen LogP contribution in [0.2, 0.25) is 0 Å². The lowest BCUT2D eigenvalue weighted by Crippen LogP contribution is -2.45. The van der Waals surface area contributed by atoms with Crippen molar-refractivity contribution in [3.8, 4) is 0 Å². The predicted molar refractivity (Wildman–Crippen MR) is 132 cm³/mol. The molecule has 0 radical (unpaired) electrons. The molecule has 0 fully saturated rings. The lowest BCUT2D eigenvalue weighted by Gasteiger charge is -2.34. The minimum absolute atomic E-state index is 0.0392. The molecule has 7 heteroatoms. The second-order valence-corrected chi connectivity index (χ2v) is 10.9. The van der Waals surface area contributed by atoms with Crippen molar-refractivity contribution in [3.63, 3.8) is 0 Å². The molecule has 1 aromatic heterocycles. The van der Waals surface area contributed by atoms with Crippen LogP contribution in [0.4, 0.5) is 0 Å². The Balaban J connectivity index is 2.27. The summed E-state index contributed by atoms with van der Waals surface area (Å²) < 4.78 is 5.75. The Morgan fingerprint density at radius 1 is 1.24 bits per heavy atom. The summed E-state index contributed by atoms with van der Waals surface area (Å²) in [6.45, 7) is 10.8. The number of ether oxygens (including phenoxy) is 1. The minimum atomic E-state index is -1.21. The summed E-state index contributed by atoms with van der Waals surface area (Å²) >= 11 is 1.56. The number of aliphatic hydroxyl groups is 2. The van der Waals surface area contributed by atoms with E-state index in [1.54, 1.807) is 32.1 Å². The summed E-state index contributed by atoms with van der Waals surface area (Å²) in [6.07, 6.45) is 6.28. The average molecular weight is 478 g/mol. The summed E-state index contributed by atoms with van der Waals surface area (Å²) in [7, 11) is 0. The van der Waals surface area contributed by atoms with Gasteiger partial charge in [-0.1, -0.05) is 39.8 Å². The minimum Gasteiger partial charge on any atom is -0.457 e. The number of nitrogens with zero attached hydrogens (tertiary/aromatic N) is 1. The van der Waals surface area contributed by atoms with Gasteiger partial charge in [0.1, 0.15) is 11.9 Å². The molecule has 33 heavy (non-hydrogen) atoms. The zero-order valence-electron chi connectivity index (χ0n) is 20.7. The van der Waals surface area contributed by atoms with E-state index in [0.717, 1.165) is 35.5 Å². The Hall–Kier alpha value is -1.83. The molecule has 0 saturated heterocycles. The Morgan fingerprint density at radius 3 is 2.58 bits per heavy atom. The van der Waals surface area contributed by atoms with Crippen LogP contribution in [0.25, 0.3) is 6.08 Å². The molecule has 1 aliphatic heterocycles. The molecular formula is C26H39NO5S. The van der Waals surface area contributed by atoms with E-state index in [9.17, 15) is 19.8 Å². The fourth-order valence-corrected chi connectivity index (χ4v) is 4.75. The van der Waals surface area contributed by atoms with Crippen LogP contribution in [0.1, 0.15) is 77.4 Å². The fraction of sp³-hybridized carbons (Fsp3) is 0.654. The summed E-state index contributed by atoms with van der Waals surface area (Å²) in [4.78, 5) is 30.3. The van der Waals surface area contributed by atoms with Crippen LogP contribution >= 0.6 is 11.3 Å². The molecule has 0 saturated carbocycles.